The minimum Gasteiger partial charge on any atom is -0.507 e. The fourth-order valence-electron chi connectivity index (χ4n) is 2.81. The number of amides is 1. The van der Waals surface area contributed by atoms with Crippen molar-refractivity contribution in [2.75, 3.05) is 19.7 Å². The van der Waals surface area contributed by atoms with Crippen molar-refractivity contribution in [3.05, 3.63) is 29.8 Å². The SMILES string of the molecule is C[C@@H]1C[C@@H](C)CN(C(=O)COC(=O)c2ccccc2O)C1. The molecule has 0 saturated carbocycles. The number of likely N-dealkylation sites (tertiary alicyclic amines) is 1. The van der Waals surface area contributed by atoms with Crippen molar-refractivity contribution in [2.24, 2.45) is 11.8 Å². The van der Waals surface area contributed by atoms with Gasteiger partial charge in [-0.15, -0.1) is 0 Å². The van der Waals surface area contributed by atoms with Gasteiger partial charge < -0.3 is 14.7 Å². The Kier molecular flexibility index (Phi) is 4.83. The van der Waals surface area contributed by atoms with Gasteiger partial charge in [-0.2, -0.15) is 0 Å². The Balaban J connectivity index is 1.89. The molecule has 1 aromatic rings. The number of carbonyl (C=O) groups excluding carboxylic acids is 2. The highest BCUT2D eigenvalue weighted by atomic mass is 16.5. The van der Waals surface area contributed by atoms with Gasteiger partial charge >= 0.3 is 5.97 Å². The van der Waals surface area contributed by atoms with E-state index >= 15 is 0 Å². The maximum absolute atomic E-state index is 12.1. The number of benzene rings is 1. The number of carbonyl (C=O) groups is 2. The van der Waals surface area contributed by atoms with Gasteiger partial charge in [0, 0.05) is 13.1 Å². The average molecular weight is 291 g/mol. The van der Waals surface area contributed by atoms with Crippen molar-refractivity contribution in [1.29, 1.82) is 0 Å². The molecule has 0 spiro atoms. The van der Waals surface area contributed by atoms with Crippen LogP contribution in [0.3, 0.4) is 0 Å². The molecule has 1 aliphatic rings. The number of piperidine rings is 1. The number of ether oxygens (including phenoxy) is 1. The van der Waals surface area contributed by atoms with Crippen molar-refractivity contribution in [3.8, 4) is 5.75 Å². The van der Waals surface area contributed by atoms with E-state index in [1.165, 1.54) is 12.1 Å². The van der Waals surface area contributed by atoms with Gasteiger partial charge in [-0.05, 0) is 30.4 Å². The third-order valence-electron chi connectivity index (χ3n) is 3.67. The Morgan fingerprint density at radius 1 is 1.24 bits per heavy atom. The first kappa shape index (κ1) is 15.4. The Morgan fingerprint density at radius 2 is 1.86 bits per heavy atom. The highest BCUT2D eigenvalue weighted by Crippen LogP contribution is 2.21. The van der Waals surface area contributed by atoms with Gasteiger partial charge in [0.15, 0.2) is 6.61 Å². The van der Waals surface area contributed by atoms with E-state index in [9.17, 15) is 14.7 Å². The molecule has 1 N–H and O–H groups in total. The molecular formula is C16H21NO4. The number of hydrogen-bond acceptors (Lipinski definition) is 4. The lowest BCUT2D eigenvalue weighted by Gasteiger charge is -2.34. The topological polar surface area (TPSA) is 66.8 Å². The molecule has 114 valence electrons. The van der Waals surface area contributed by atoms with Crippen LogP contribution >= 0.6 is 0 Å². The summed E-state index contributed by atoms with van der Waals surface area (Å²) in [4.78, 5) is 25.7. The minimum atomic E-state index is -0.681. The second-order valence-electron chi connectivity index (χ2n) is 5.84. The van der Waals surface area contributed by atoms with Crippen LogP contribution in [0.25, 0.3) is 0 Å². The van der Waals surface area contributed by atoms with Gasteiger partial charge in [0.2, 0.25) is 0 Å². The largest absolute Gasteiger partial charge is 0.507 e. The molecule has 0 radical (unpaired) electrons. The summed E-state index contributed by atoms with van der Waals surface area (Å²) in [5.74, 6) is -0.0787. The lowest BCUT2D eigenvalue weighted by Crippen LogP contribution is -2.44. The molecule has 5 nitrogen and oxygen atoms in total. The lowest BCUT2D eigenvalue weighted by atomic mass is 9.92. The molecule has 2 rings (SSSR count). The van der Waals surface area contributed by atoms with Crippen LogP contribution in [-0.4, -0.2) is 41.6 Å². The van der Waals surface area contributed by atoms with Crippen LogP contribution in [0.15, 0.2) is 24.3 Å². The molecule has 2 atom stereocenters. The number of nitrogens with zero attached hydrogens (tertiary/aromatic N) is 1. The number of esters is 1. The summed E-state index contributed by atoms with van der Waals surface area (Å²) in [7, 11) is 0. The van der Waals surface area contributed by atoms with Crippen LogP contribution < -0.4 is 0 Å². The Morgan fingerprint density at radius 3 is 2.48 bits per heavy atom. The average Bonchev–Trinajstić information content (AvgIpc) is 2.43. The number of hydrogen-bond donors (Lipinski definition) is 1. The highest BCUT2D eigenvalue weighted by Gasteiger charge is 2.26. The van der Waals surface area contributed by atoms with E-state index in [0.29, 0.717) is 24.9 Å². The summed E-state index contributed by atoms with van der Waals surface area (Å²) in [5, 5.41) is 9.57. The summed E-state index contributed by atoms with van der Waals surface area (Å²) < 4.78 is 5.00. The zero-order valence-corrected chi connectivity index (χ0v) is 12.4. The first-order valence-corrected chi connectivity index (χ1v) is 7.20. The summed E-state index contributed by atoms with van der Waals surface area (Å²) in [6.45, 7) is 5.36. The highest BCUT2D eigenvalue weighted by molar-refractivity contribution is 5.93. The molecule has 1 heterocycles. The first-order chi connectivity index (χ1) is 9.97. The molecular weight excluding hydrogens is 270 g/mol. The number of phenols is 1. The van der Waals surface area contributed by atoms with Crippen LogP contribution in [0.5, 0.6) is 5.75 Å². The second-order valence-corrected chi connectivity index (χ2v) is 5.84. The maximum atomic E-state index is 12.1. The second kappa shape index (κ2) is 6.61. The predicted octanol–water partition coefficient (Wildman–Crippen LogP) is 2.05. The van der Waals surface area contributed by atoms with Crippen molar-refractivity contribution in [2.45, 2.75) is 20.3 Å². The molecule has 21 heavy (non-hydrogen) atoms. The van der Waals surface area contributed by atoms with E-state index in [2.05, 4.69) is 13.8 Å². The van der Waals surface area contributed by atoms with Gasteiger partial charge in [-0.25, -0.2) is 4.79 Å². The fraction of sp³-hybridized carbons (Fsp3) is 0.500. The number of para-hydroxylation sites is 1. The van der Waals surface area contributed by atoms with E-state index in [-0.39, 0.29) is 23.8 Å². The van der Waals surface area contributed by atoms with E-state index in [1.54, 1.807) is 17.0 Å². The van der Waals surface area contributed by atoms with Crippen LogP contribution in [0.4, 0.5) is 0 Å². The van der Waals surface area contributed by atoms with E-state index in [4.69, 9.17) is 4.74 Å². The number of phenolic OH excluding ortho intramolecular Hbond substituents is 1. The zero-order valence-electron chi connectivity index (χ0n) is 12.4. The van der Waals surface area contributed by atoms with Crippen molar-refractivity contribution in [3.63, 3.8) is 0 Å². The molecule has 0 aliphatic carbocycles. The lowest BCUT2D eigenvalue weighted by molar-refractivity contribution is -0.137. The van der Waals surface area contributed by atoms with E-state index in [0.717, 1.165) is 6.42 Å². The molecule has 1 aromatic carbocycles. The van der Waals surface area contributed by atoms with Crippen molar-refractivity contribution < 1.29 is 19.4 Å². The third kappa shape index (κ3) is 3.97. The van der Waals surface area contributed by atoms with E-state index in [1.807, 2.05) is 0 Å². The molecule has 1 fully saturated rings. The number of aromatic hydroxyl groups is 1. The predicted molar refractivity (Wildman–Crippen MR) is 77.9 cm³/mol. The Labute approximate surface area is 124 Å². The molecule has 0 bridgehead atoms. The monoisotopic (exact) mass is 291 g/mol. The minimum absolute atomic E-state index is 0.0747. The van der Waals surface area contributed by atoms with Crippen LogP contribution in [0.1, 0.15) is 30.6 Å². The van der Waals surface area contributed by atoms with Gasteiger partial charge in [0.05, 0.1) is 0 Å². The Bertz CT molecular complexity index is 519. The van der Waals surface area contributed by atoms with Gasteiger partial charge in [0.1, 0.15) is 11.3 Å². The zero-order chi connectivity index (χ0) is 15.4. The normalized spacial score (nSPS) is 21.9. The standard InChI is InChI=1S/C16H21NO4/c1-11-7-12(2)9-17(8-11)15(19)10-21-16(20)13-5-3-4-6-14(13)18/h3-6,11-12,18H,7-10H2,1-2H3/t11-,12-/m1/s1. The summed E-state index contributed by atoms with van der Waals surface area (Å²) in [5.41, 5.74) is 0.0747. The smallest absolute Gasteiger partial charge is 0.342 e. The fourth-order valence-corrected chi connectivity index (χ4v) is 2.81. The van der Waals surface area contributed by atoms with E-state index < -0.39 is 5.97 Å². The Hall–Kier alpha value is -2.04. The van der Waals surface area contributed by atoms with Crippen LogP contribution in [0, 0.1) is 11.8 Å². The van der Waals surface area contributed by atoms with Crippen molar-refractivity contribution >= 4 is 11.9 Å². The molecule has 5 heteroatoms. The molecule has 1 aliphatic heterocycles. The van der Waals surface area contributed by atoms with Gasteiger partial charge in [-0.3, -0.25) is 4.79 Å². The maximum Gasteiger partial charge on any atom is 0.342 e. The first-order valence-electron chi connectivity index (χ1n) is 7.20. The summed E-state index contributed by atoms with van der Waals surface area (Å²) >= 11 is 0. The summed E-state index contributed by atoms with van der Waals surface area (Å²) in [6.07, 6.45) is 1.11. The van der Waals surface area contributed by atoms with Crippen molar-refractivity contribution in [1.82, 2.24) is 4.90 Å². The molecule has 0 unspecified atom stereocenters. The molecule has 1 saturated heterocycles. The van der Waals surface area contributed by atoms with Gasteiger partial charge in [0.25, 0.3) is 5.91 Å². The van der Waals surface area contributed by atoms with Crippen LogP contribution in [0.2, 0.25) is 0 Å². The molecule has 0 aromatic heterocycles. The van der Waals surface area contributed by atoms with Crippen LogP contribution in [-0.2, 0) is 9.53 Å². The van der Waals surface area contributed by atoms with Gasteiger partial charge in [-0.1, -0.05) is 26.0 Å². The summed E-state index contributed by atoms with van der Waals surface area (Å²) in [6, 6.07) is 6.12. The number of rotatable bonds is 3. The third-order valence-corrected chi connectivity index (χ3v) is 3.67. The molecule has 1 amide bonds. The quantitative estimate of drug-likeness (QED) is 0.866.